The summed E-state index contributed by atoms with van der Waals surface area (Å²) in [5, 5.41) is 0. The van der Waals surface area contributed by atoms with Gasteiger partial charge in [-0.25, -0.2) is 0 Å². The summed E-state index contributed by atoms with van der Waals surface area (Å²) in [7, 11) is 0. The summed E-state index contributed by atoms with van der Waals surface area (Å²) in [4.78, 5) is 4.47. The van der Waals surface area contributed by atoms with Crippen LogP contribution in [0.3, 0.4) is 0 Å². The molecule has 0 saturated heterocycles. The van der Waals surface area contributed by atoms with Gasteiger partial charge < -0.3 is 0 Å². The maximum absolute atomic E-state index is 5.64. The maximum atomic E-state index is 5.64. The van der Waals surface area contributed by atoms with Crippen LogP contribution in [-0.4, -0.2) is 23.4 Å². The van der Waals surface area contributed by atoms with Gasteiger partial charge in [0.05, 0.1) is 0 Å². The van der Waals surface area contributed by atoms with Crippen molar-refractivity contribution in [2.24, 2.45) is 0 Å². The van der Waals surface area contributed by atoms with Crippen molar-refractivity contribution in [1.29, 1.82) is 0 Å². The Morgan fingerprint density at radius 1 is 1.07 bits per heavy atom. The molecule has 0 aliphatic rings. The van der Waals surface area contributed by atoms with Crippen molar-refractivity contribution in [2.45, 2.75) is 53.3 Å². The Morgan fingerprint density at radius 2 is 1.60 bits per heavy atom. The summed E-state index contributed by atoms with van der Waals surface area (Å²) in [6.45, 7) is 6.87. The standard InChI is InChI=1S/C3H2NO.3C3H7.Sn/c1-2-5-3-4-1;3*1-3-2;/h1-2H;3*1,3H2,2H3;. The molecule has 0 aliphatic heterocycles. The van der Waals surface area contributed by atoms with Gasteiger partial charge in [0.1, 0.15) is 0 Å². The number of oxazole rings is 1. The molecule has 0 amide bonds. The van der Waals surface area contributed by atoms with Crippen molar-refractivity contribution in [3.8, 4) is 0 Å². The quantitative estimate of drug-likeness (QED) is 0.719. The molecular formula is C12H23NOSn. The van der Waals surface area contributed by atoms with E-state index in [2.05, 4.69) is 25.8 Å². The molecule has 0 bridgehead atoms. The molecule has 86 valence electrons. The number of hydrogen-bond donors (Lipinski definition) is 0. The zero-order valence-corrected chi connectivity index (χ0v) is 13.1. The second-order valence-electron chi connectivity index (χ2n) is 4.37. The predicted molar refractivity (Wildman–Crippen MR) is 67.2 cm³/mol. The molecule has 0 N–H and O–H groups in total. The molecule has 1 rings (SSSR count). The molecule has 15 heavy (non-hydrogen) atoms. The molecule has 1 heterocycles. The Hall–Kier alpha value is 0.00870. The van der Waals surface area contributed by atoms with E-state index in [0.717, 1.165) is 3.91 Å². The number of rotatable bonds is 7. The van der Waals surface area contributed by atoms with Crippen LogP contribution in [0, 0.1) is 0 Å². The first-order valence-corrected chi connectivity index (χ1v) is 13.7. The molecule has 0 atom stereocenters. The first kappa shape index (κ1) is 13.1. The molecule has 0 unspecified atom stereocenters. The normalized spacial score (nSPS) is 11.9. The van der Waals surface area contributed by atoms with Crippen LogP contribution in [0.25, 0.3) is 0 Å². The molecular weight excluding hydrogens is 293 g/mol. The van der Waals surface area contributed by atoms with Crippen molar-refractivity contribution in [3.05, 3.63) is 12.5 Å². The Kier molecular flexibility index (Phi) is 5.72. The van der Waals surface area contributed by atoms with Gasteiger partial charge in [0.15, 0.2) is 0 Å². The zero-order chi connectivity index (χ0) is 11.1. The van der Waals surface area contributed by atoms with E-state index in [0.29, 0.717) is 0 Å². The van der Waals surface area contributed by atoms with E-state index < -0.39 is 18.4 Å². The van der Waals surface area contributed by atoms with Gasteiger partial charge in [-0.3, -0.25) is 0 Å². The van der Waals surface area contributed by atoms with Gasteiger partial charge in [-0.05, 0) is 0 Å². The third-order valence-electron chi connectivity index (χ3n) is 3.07. The van der Waals surface area contributed by atoms with Gasteiger partial charge in [-0.1, -0.05) is 0 Å². The van der Waals surface area contributed by atoms with Gasteiger partial charge in [0.2, 0.25) is 0 Å². The summed E-state index contributed by atoms with van der Waals surface area (Å²) in [5.74, 6) is 0. The van der Waals surface area contributed by atoms with E-state index in [1.807, 2.05) is 6.20 Å². The molecule has 1 aromatic heterocycles. The molecule has 0 aliphatic carbocycles. The second-order valence-corrected chi connectivity index (χ2v) is 17.2. The minimum atomic E-state index is -2.21. The molecule has 2 nitrogen and oxygen atoms in total. The molecule has 0 spiro atoms. The van der Waals surface area contributed by atoms with Crippen LogP contribution in [-0.2, 0) is 0 Å². The third-order valence-corrected chi connectivity index (χ3v) is 18.8. The van der Waals surface area contributed by atoms with E-state index in [-0.39, 0.29) is 0 Å². The van der Waals surface area contributed by atoms with Crippen LogP contribution >= 0.6 is 0 Å². The fraction of sp³-hybridized carbons (Fsp3) is 0.750. The zero-order valence-electron chi connectivity index (χ0n) is 10.3. The van der Waals surface area contributed by atoms with Gasteiger partial charge >= 0.3 is 97.5 Å². The number of nitrogens with zero attached hydrogens (tertiary/aromatic N) is 1. The van der Waals surface area contributed by atoms with Crippen LogP contribution in [0.4, 0.5) is 0 Å². The topological polar surface area (TPSA) is 26.0 Å². The van der Waals surface area contributed by atoms with Crippen molar-refractivity contribution >= 4 is 22.3 Å². The van der Waals surface area contributed by atoms with Gasteiger partial charge in [0, 0.05) is 0 Å². The van der Waals surface area contributed by atoms with Gasteiger partial charge in [0.25, 0.3) is 0 Å². The summed E-state index contributed by atoms with van der Waals surface area (Å²) in [6, 6.07) is 0. The summed E-state index contributed by atoms with van der Waals surface area (Å²) in [6.07, 6.45) is 7.44. The Labute approximate surface area is 97.3 Å². The second kappa shape index (κ2) is 6.56. The van der Waals surface area contributed by atoms with E-state index in [4.69, 9.17) is 4.42 Å². The summed E-state index contributed by atoms with van der Waals surface area (Å²) >= 11 is -2.21. The number of aromatic nitrogens is 1. The van der Waals surface area contributed by atoms with Gasteiger partial charge in [-0.2, -0.15) is 0 Å². The van der Waals surface area contributed by atoms with Crippen molar-refractivity contribution in [1.82, 2.24) is 4.98 Å². The number of hydrogen-bond acceptors (Lipinski definition) is 2. The molecule has 0 fully saturated rings. The Morgan fingerprint density at radius 3 is 1.93 bits per heavy atom. The van der Waals surface area contributed by atoms with Crippen LogP contribution in [0.5, 0.6) is 0 Å². The van der Waals surface area contributed by atoms with E-state index in [9.17, 15) is 0 Å². The molecule has 0 aromatic carbocycles. The fourth-order valence-corrected chi connectivity index (χ4v) is 16.7. The van der Waals surface area contributed by atoms with Crippen molar-refractivity contribution < 1.29 is 4.42 Å². The van der Waals surface area contributed by atoms with E-state index >= 15 is 0 Å². The predicted octanol–water partition coefficient (Wildman–Crippen LogP) is 3.56. The molecule has 3 heteroatoms. The third kappa shape index (κ3) is 3.23. The van der Waals surface area contributed by atoms with Gasteiger partial charge in [-0.15, -0.1) is 0 Å². The van der Waals surface area contributed by atoms with Crippen molar-refractivity contribution in [2.75, 3.05) is 0 Å². The molecule has 0 radical (unpaired) electrons. The van der Waals surface area contributed by atoms with Crippen molar-refractivity contribution in [3.63, 3.8) is 0 Å². The SMILES string of the molecule is CC[CH2][Sn]([CH2]CC)([CH2]CC)[c]1ncco1. The van der Waals surface area contributed by atoms with Crippen LogP contribution in [0.2, 0.25) is 13.3 Å². The van der Waals surface area contributed by atoms with Crippen LogP contribution in [0.1, 0.15) is 40.0 Å². The molecule has 1 aromatic rings. The average Bonchev–Trinajstić information content (AvgIpc) is 2.72. The molecule has 0 saturated carbocycles. The monoisotopic (exact) mass is 317 g/mol. The Bertz CT molecular complexity index is 242. The summed E-state index contributed by atoms with van der Waals surface area (Å²) in [5.41, 5.74) is 0. The van der Waals surface area contributed by atoms with Crippen LogP contribution < -0.4 is 3.91 Å². The minimum absolute atomic E-state index is 1.16. The average molecular weight is 316 g/mol. The van der Waals surface area contributed by atoms with E-state index in [1.165, 1.54) is 32.6 Å². The van der Waals surface area contributed by atoms with E-state index in [1.54, 1.807) is 6.26 Å². The summed E-state index contributed by atoms with van der Waals surface area (Å²) < 4.78 is 11.0. The Balaban J connectivity index is 2.90. The first-order valence-electron chi connectivity index (χ1n) is 6.19. The van der Waals surface area contributed by atoms with Crippen LogP contribution in [0.15, 0.2) is 16.9 Å². The first-order chi connectivity index (χ1) is 7.29. The fourth-order valence-electron chi connectivity index (χ4n) is 2.62.